The molecule has 136 valence electrons. The highest BCUT2D eigenvalue weighted by atomic mass is 35.5. The van der Waals surface area contributed by atoms with Crippen LogP contribution in [0.4, 0.5) is 0 Å². The molecule has 1 heterocycles. The molecule has 1 unspecified atom stereocenters. The lowest BCUT2D eigenvalue weighted by atomic mass is 9.79. The van der Waals surface area contributed by atoms with Gasteiger partial charge in [-0.15, -0.1) is 0 Å². The van der Waals surface area contributed by atoms with Gasteiger partial charge < -0.3 is 10.5 Å². The third-order valence-corrected chi connectivity index (χ3v) is 4.91. The molecule has 2 aromatic carbocycles. The van der Waals surface area contributed by atoms with Crippen molar-refractivity contribution >= 4 is 34.7 Å². The molecule has 6 heteroatoms. The van der Waals surface area contributed by atoms with Crippen LogP contribution in [0.25, 0.3) is 5.76 Å². The Morgan fingerprint density at radius 3 is 2.52 bits per heavy atom. The fraction of sp³-hybridized carbons (Fsp3) is 0.143. The summed E-state index contributed by atoms with van der Waals surface area (Å²) < 4.78 is 5.75. The van der Waals surface area contributed by atoms with E-state index in [4.69, 9.17) is 33.7 Å². The van der Waals surface area contributed by atoms with Crippen molar-refractivity contribution in [2.75, 3.05) is 0 Å². The van der Waals surface area contributed by atoms with Crippen LogP contribution in [0, 0.1) is 11.3 Å². The molecule has 0 amide bonds. The van der Waals surface area contributed by atoms with E-state index in [2.05, 4.69) is 6.07 Å². The van der Waals surface area contributed by atoms with Gasteiger partial charge in [0.25, 0.3) is 0 Å². The fourth-order valence-electron chi connectivity index (χ4n) is 3.09. The molecule has 0 saturated heterocycles. The summed E-state index contributed by atoms with van der Waals surface area (Å²) in [5, 5.41) is 10.5. The minimum atomic E-state index is -0.726. The topological polar surface area (TPSA) is 76.1 Å². The zero-order valence-corrected chi connectivity index (χ0v) is 16.0. The van der Waals surface area contributed by atoms with Gasteiger partial charge in [0.1, 0.15) is 17.4 Å². The van der Waals surface area contributed by atoms with E-state index >= 15 is 0 Å². The average molecular weight is 399 g/mol. The van der Waals surface area contributed by atoms with E-state index in [-0.39, 0.29) is 23.7 Å². The van der Waals surface area contributed by atoms with Gasteiger partial charge in [0, 0.05) is 22.0 Å². The number of halogens is 2. The van der Waals surface area contributed by atoms with Crippen LogP contribution in [0.15, 0.2) is 65.6 Å². The number of nitriles is 1. The maximum Gasteiger partial charge on any atom is 0.205 e. The van der Waals surface area contributed by atoms with Gasteiger partial charge in [-0.3, -0.25) is 4.79 Å². The smallest absolute Gasteiger partial charge is 0.205 e. The number of ketones is 1. The van der Waals surface area contributed by atoms with Gasteiger partial charge >= 0.3 is 0 Å². The number of carbonyl (C=O) groups excluding carboxylic acids is 1. The van der Waals surface area contributed by atoms with Crippen molar-refractivity contribution in [3.63, 3.8) is 0 Å². The van der Waals surface area contributed by atoms with E-state index in [0.29, 0.717) is 32.5 Å². The van der Waals surface area contributed by atoms with Crippen LogP contribution in [-0.4, -0.2) is 5.78 Å². The molecule has 0 aromatic heterocycles. The molecule has 0 saturated carbocycles. The Kier molecular flexibility index (Phi) is 5.55. The standard InChI is InChI=1S/C21H16Cl2N2O2/c1-2-17(26)19-18(14-9-8-13(22)10-16(14)23)15(11-24)21(25)27-20(19)12-6-4-3-5-7-12/h3-10,18H,2,25H2,1H3. The maximum absolute atomic E-state index is 12.9. The lowest BCUT2D eigenvalue weighted by Crippen LogP contribution is -2.24. The van der Waals surface area contributed by atoms with Gasteiger partial charge in [-0.25, -0.2) is 0 Å². The summed E-state index contributed by atoms with van der Waals surface area (Å²) in [5.41, 5.74) is 7.83. The lowest BCUT2D eigenvalue weighted by molar-refractivity contribution is -0.115. The Labute approximate surface area is 167 Å². The normalized spacial score (nSPS) is 16.7. The van der Waals surface area contributed by atoms with Crippen LogP contribution >= 0.6 is 23.2 Å². The monoisotopic (exact) mass is 398 g/mol. The summed E-state index contributed by atoms with van der Waals surface area (Å²) in [6.07, 6.45) is 0.245. The second kappa shape index (κ2) is 7.87. The highest BCUT2D eigenvalue weighted by Gasteiger charge is 2.37. The predicted molar refractivity (Wildman–Crippen MR) is 106 cm³/mol. The molecule has 0 spiro atoms. The molecular weight excluding hydrogens is 383 g/mol. The number of carbonyl (C=O) groups is 1. The number of hydrogen-bond acceptors (Lipinski definition) is 4. The Morgan fingerprint density at radius 2 is 1.93 bits per heavy atom. The third-order valence-electron chi connectivity index (χ3n) is 4.35. The van der Waals surface area contributed by atoms with E-state index in [0.717, 1.165) is 0 Å². The van der Waals surface area contributed by atoms with Crippen molar-refractivity contribution < 1.29 is 9.53 Å². The zero-order valence-electron chi connectivity index (χ0n) is 14.5. The van der Waals surface area contributed by atoms with Gasteiger partial charge in [-0.1, -0.05) is 66.5 Å². The molecule has 27 heavy (non-hydrogen) atoms. The van der Waals surface area contributed by atoms with E-state index in [1.165, 1.54) is 0 Å². The van der Waals surface area contributed by atoms with E-state index in [1.807, 2.05) is 30.3 Å². The molecule has 2 N–H and O–H groups in total. The van der Waals surface area contributed by atoms with Crippen LogP contribution in [-0.2, 0) is 9.53 Å². The summed E-state index contributed by atoms with van der Waals surface area (Å²) in [6.45, 7) is 1.76. The second-order valence-corrected chi connectivity index (χ2v) is 6.82. The first-order valence-electron chi connectivity index (χ1n) is 8.33. The number of nitrogens with zero attached hydrogens (tertiary/aromatic N) is 1. The first-order valence-corrected chi connectivity index (χ1v) is 9.08. The molecular formula is C21H16Cl2N2O2. The quantitative estimate of drug-likeness (QED) is 0.768. The van der Waals surface area contributed by atoms with Crippen LogP contribution in [0.5, 0.6) is 0 Å². The third kappa shape index (κ3) is 3.57. The zero-order chi connectivity index (χ0) is 19.6. The molecule has 1 aliphatic rings. The van der Waals surface area contributed by atoms with Crippen LogP contribution in [0.2, 0.25) is 10.0 Å². The summed E-state index contributed by atoms with van der Waals surface area (Å²) in [4.78, 5) is 12.9. The summed E-state index contributed by atoms with van der Waals surface area (Å²) in [5.74, 6) is -0.573. The molecule has 0 bridgehead atoms. The molecule has 2 aromatic rings. The Bertz CT molecular complexity index is 1000. The first-order chi connectivity index (χ1) is 13.0. The number of hydrogen-bond donors (Lipinski definition) is 1. The minimum Gasteiger partial charge on any atom is -0.439 e. The van der Waals surface area contributed by atoms with Gasteiger partial charge in [0.2, 0.25) is 5.88 Å². The number of nitrogens with two attached hydrogens (primary N) is 1. The van der Waals surface area contributed by atoms with Gasteiger partial charge in [0.15, 0.2) is 5.78 Å². The minimum absolute atomic E-state index is 0.0416. The van der Waals surface area contributed by atoms with E-state index in [1.54, 1.807) is 25.1 Å². The Balaban J connectivity index is 2.33. The Morgan fingerprint density at radius 1 is 1.22 bits per heavy atom. The van der Waals surface area contributed by atoms with Crippen molar-refractivity contribution in [2.24, 2.45) is 5.73 Å². The number of ether oxygens (including phenoxy) is 1. The number of allylic oxidation sites excluding steroid dienone is 2. The van der Waals surface area contributed by atoms with Crippen molar-refractivity contribution in [1.29, 1.82) is 5.26 Å². The van der Waals surface area contributed by atoms with Gasteiger partial charge in [-0.2, -0.15) is 5.26 Å². The van der Waals surface area contributed by atoms with Crippen LogP contribution in [0.1, 0.15) is 30.4 Å². The van der Waals surface area contributed by atoms with E-state index < -0.39 is 5.92 Å². The molecule has 0 aliphatic carbocycles. The largest absolute Gasteiger partial charge is 0.439 e. The van der Waals surface area contributed by atoms with Crippen molar-refractivity contribution in [1.82, 2.24) is 0 Å². The first kappa shape index (κ1) is 19.0. The molecule has 1 atom stereocenters. The highest BCUT2D eigenvalue weighted by Crippen LogP contribution is 2.45. The maximum atomic E-state index is 12.9. The SMILES string of the molecule is CCC(=O)C1=C(c2ccccc2)OC(N)=C(C#N)C1c1ccc(Cl)cc1Cl. The molecule has 1 aliphatic heterocycles. The van der Waals surface area contributed by atoms with Crippen LogP contribution < -0.4 is 5.73 Å². The van der Waals surface area contributed by atoms with Crippen LogP contribution in [0.3, 0.4) is 0 Å². The van der Waals surface area contributed by atoms with Crippen molar-refractivity contribution in [3.8, 4) is 6.07 Å². The predicted octanol–water partition coefficient (Wildman–Crippen LogP) is 5.19. The lowest BCUT2D eigenvalue weighted by Gasteiger charge is -2.29. The van der Waals surface area contributed by atoms with Gasteiger partial charge in [0.05, 0.1) is 11.5 Å². The number of rotatable bonds is 4. The molecule has 0 radical (unpaired) electrons. The van der Waals surface area contributed by atoms with Gasteiger partial charge in [-0.05, 0) is 17.7 Å². The van der Waals surface area contributed by atoms with Crippen molar-refractivity contribution in [3.05, 3.63) is 86.7 Å². The average Bonchev–Trinajstić information content (AvgIpc) is 2.67. The molecule has 3 rings (SSSR count). The summed E-state index contributed by atoms with van der Waals surface area (Å²) in [7, 11) is 0. The van der Waals surface area contributed by atoms with Crippen molar-refractivity contribution in [2.45, 2.75) is 19.3 Å². The molecule has 0 fully saturated rings. The summed E-state index contributed by atoms with van der Waals surface area (Å²) >= 11 is 12.4. The number of Topliss-reactive ketones (excluding diaryl/α,β-unsaturated/α-hetero) is 1. The molecule has 4 nitrogen and oxygen atoms in total. The highest BCUT2D eigenvalue weighted by molar-refractivity contribution is 6.35. The second-order valence-electron chi connectivity index (χ2n) is 5.98. The van der Waals surface area contributed by atoms with E-state index in [9.17, 15) is 10.1 Å². The Hall–Kier alpha value is -2.74. The fourth-order valence-corrected chi connectivity index (χ4v) is 3.60. The summed E-state index contributed by atoms with van der Waals surface area (Å²) in [6, 6.07) is 16.2. The number of benzene rings is 2.